The van der Waals surface area contributed by atoms with Gasteiger partial charge in [-0.25, -0.2) is 14.8 Å². The maximum Gasteiger partial charge on any atom is 0.338 e. The van der Waals surface area contributed by atoms with Crippen LogP contribution in [0.25, 0.3) is 79.8 Å². The van der Waals surface area contributed by atoms with Crippen molar-refractivity contribution in [3.05, 3.63) is 177 Å². The van der Waals surface area contributed by atoms with Gasteiger partial charge in [0.15, 0.2) is 12.2 Å². The minimum absolute atomic E-state index is 0.0907. The highest BCUT2D eigenvalue weighted by Gasteiger charge is 2.53. The molecule has 1 saturated heterocycles. The Morgan fingerprint density at radius 3 is 1.64 bits per heavy atom. The first-order valence-electron chi connectivity index (χ1n) is 27.9. The molecular weight excluding hydrogens is 1090 g/mol. The number of hydrogen-bond acceptors (Lipinski definition) is 16. The number of nitrogens with one attached hydrogen (secondary N) is 2. The first-order chi connectivity index (χ1) is 41.1. The Morgan fingerprint density at radius 2 is 1.08 bits per heavy atom. The van der Waals surface area contributed by atoms with Gasteiger partial charge in [-0.1, -0.05) is 99.0 Å². The van der Waals surface area contributed by atoms with E-state index >= 15 is 0 Å². The summed E-state index contributed by atoms with van der Waals surface area (Å²) >= 11 is 0. The maximum absolute atomic E-state index is 14.0. The lowest BCUT2D eigenvalue weighted by Gasteiger charge is -2.43. The fourth-order valence-corrected chi connectivity index (χ4v) is 10.7. The molecule has 19 nitrogen and oxygen atoms in total. The predicted molar refractivity (Wildman–Crippen MR) is 318 cm³/mol. The zero-order valence-electron chi connectivity index (χ0n) is 47.3. The third-order valence-electron chi connectivity index (χ3n) is 14.5. The van der Waals surface area contributed by atoms with Crippen molar-refractivity contribution in [1.82, 2.24) is 19.9 Å². The molecule has 4 aromatic carbocycles. The van der Waals surface area contributed by atoms with Gasteiger partial charge in [0.1, 0.15) is 25.1 Å². The summed E-state index contributed by atoms with van der Waals surface area (Å²) in [5, 5.41) is 12.4. The average Bonchev–Trinajstić information content (AvgIpc) is 3.70. The maximum atomic E-state index is 14.0. The first kappa shape index (κ1) is 58.2. The van der Waals surface area contributed by atoms with Crippen molar-refractivity contribution < 1.29 is 62.1 Å². The van der Waals surface area contributed by atoms with Crippen LogP contribution in [-0.4, -0.2) is 92.0 Å². The van der Waals surface area contributed by atoms with Crippen LogP contribution in [0.1, 0.15) is 105 Å². The van der Waals surface area contributed by atoms with Gasteiger partial charge in [-0.3, -0.25) is 29.3 Å². The van der Waals surface area contributed by atoms with Gasteiger partial charge >= 0.3 is 29.8 Å². The van der Waals surface area contributed by atoms with E-state index in [-0.39, 0.29) is 16.9 Å². The highest BCUT2D eigenvalue weighted by atomic mass is 16.7. The lowest BCUT2D eigenvalue weighted by Crippen LogP contribution is -2.63. The summed E-state index contributed by atoms with van der Waals surface area (Å²) in [5.41, 5.74) is 12.6. The molecule has 6 heterocycles. The molecule has 8 bridgehead atoms. The molecule has 0 saturated carbocycles. The van der Waals surface area contributed by atoms with Crippen LogP contribution in [0.2, 0.25) is 0 Å². The Hall–Kier alpha value is -10.0. The monoisotopic (exact) mass is 1150 g/mol. The number of aromatic nitrogens is 4. The molecule has 0 unspecified atom stereocenters. The van der Waals surface area contributed by atoms with Crippen molar-refractivity contribution in [2.24, 2.45) is 0 Å². The normalized spacial score (nSPS) is 16.9. The number of H-pyrrole nitrogens is 2. The quantitative estimate of drug-likeness (QED) is 0.0251. The number of aryl methyl sites for hydroxylation is 1. The summed E-state index contributed by atoms with van der Waals surface area (Å²) in [6, 6.07) is 39.1. The molecule has 0 amide bonds. The number of nitro groups is 1. The van der Waals surface area contributed by atoms with E-state index in [1.807, 2.05) is 54.6 Å². The Labute approximate surface area is 488 Å². The third kappa shape index (κ3) is 13.4. The van der Waals surface area contributed by atoms with Crippen LogP contribution in [0.4, 0.5) is 5.69 Å². The molecule has 3 aromatic heterocycles. The number of rotatable bonds is 19. The zero-order valence-corrected chi connectivity index (χ0v) is 47.3. The van der Waals surface area contributed by atoms with E-state index in [2.05, 4.69) is 71.5 Å². The van der Waals surface area contributed by atoms with Crippen molar-refractivity contribution in [3.63, 3.8) is 0 Å². The number of carbonyl (C=O) groups excluding carboxylic acids is 5. The number of ether oxygens (including phenoxy) is 7. The zero-order chi connectivity index (χ0) is 59.7. The number of aromatic amines is 2. The summed E-state index contributed by atoms with van der Waals surface area (Å²) in [5.74, 6) is -4.13. The largest absolute Gasteiger partial charge is 0.463 e. The van der Waals surface area contributed by atoms with Crippen LogP contribution in [0, 0.1) is 10.1 Å². The van der Waals surface area contributed by atoms with Crippen LogP contribution in [0.5, 0.6) is 5.75 Å². The van der Waals surface area contributed by atoms with Gasteiger partial charge in [0.05, 0.1) is 38.8 Å². The van der Waals surface area contributed by atoms with E-state index in [9.17, 15) is 34.1 Å². The van der Waals surface area contributed by atoms with E-state index in [1.54, 1.807) is 24.3 Å². The number of nitrogens with zero attached hydrogens (tertiary/aromatic N) is 3. The van der Waals surface area contributed by atoms with Crippen molar-refractivity contribution in [2.45, 2.75) is 104 Å². The standard InChI is InChI=1S/C66H61N5O14/c1-6-7-8-15-20-48-49-26-28-51(67-49)59(42-16-11-9-12-17-42)53-30-31-54(69-53)60(43-18-13-10-14-19-43)55-32-33-56(70-55)61(52-29-27-50(48)68-52)44-21-23-45(24-22-44)65(76)80-36-46-35-47(25-34-57(46)71(77)78)84-66-64(83-41(5)75)63(82-40(4)74)62(81-39(3)73)58(85-66)37-79-38(2)72/h9-14,16-19,21-35,58,62-64,66,68-69H,6-8,15,20,36-37H2,1-5H3/t58-,62+,63+,64-,66-/m1/s1. The second-order valence-corrected chi connectivity index (χ2v) is 20.5. The summed E-state index contributed by atoms with van der Waals surface area (Å²) in [6.07, 6.45) is 5.69. The molecule has 3 aliphatic heterocycles. The van der Waals surface area contributed by atoms with E-state index in [0.29, 0.717) is 5.69 Å². The van der Waals surface area contributed by atoms with Gasteiger partial charge in [0.2, 0.25) is 12.4 Å². The van der Waals surface area contributed by atoms with Gasteiger partial charge in [-0.2, -0.15) is 0 Å². The average molecular weight is 1150 g/mol. The number of nitro benzene ring substituents is 1. The molecular formula is C66H61N5O14. The summed E-state index contributed by atoms with van der Waals surface area (Å²) in [6.45, 7) is 5.48. The summed E-state index contributed by atoms with van der Waals surface area (Å²) in [7, 11) is 0. The third-order valence-corrected chi connectivity index (χ3v) is 14.5. The van der Waals surface area contributed by atoms with Gasteiger partial charge < -0.3 is 43.1 Å². The van der Waals surface area contributed by atoms with E-state index in [0.717, 1.165) is 144 Å². The Morgan fingerprint density at radius 1 is 0.565 bits per heavy atom. The number of benzene rings is 4. The van der Waals surface area contributed by atoms with E-state index in [1.165, 1.54) is 12.1 Å². The lowest BCUT2D eigenvalue weighted by molar-refractivity contribution is -0.385. The number of unbranched alkanes of at least 4 members (excludes halogenated alkanes) is 3. The summed E-state index contributed by atoms with van der Waals surface area (Å²) < 4.78 is 39.6. The molecule has 3 aliphatic rings. The molecule has 7 aromatic rings. The SMILES string of the molecule is CCCCCCc1c2nc(c(-c3ccccc3)c3ccc([nH]3)c(-c3ccccc3)c3nc(c(-c4ccc(C(=O)OCc5cc(O[C@@H]6O[C@H](COC(C)=O)[C@H](OC(C)=O)[C@H](OC(C)=O)[C@H]6OC(C)=O)ccc5[N+](=O)[O-])cc4)c4ccc1[nH]4)C=C3)C=C2. The number of fused-ring (bicyclic) bond motifs is 8. The molecule has 0 radical (unpaired) electrons. The molecule has 5 atom stereocenters. The van der Waals surface area contributed by atoms with Crippen LogP contribution in [0.15, 0.2) is 127 Å². The van der Waals surface area contributed by atoms with Crippen LogP contribution in [-0.2, 0) is 60.6 Å². The fourth-order valence-electron chi connectivity index (χ4n) is 10.7. The van der Waals surface area contributed by atoms with Crippen LogP contribution < -0.4 is 4.74 Å². The summed E-state index contributed by atoms with van der Waals surface area (Å²) in [4.78, 5) is 93.0. The minimum Gasteiger partial charge on any atom is -0.463 e. The molecule has 0 aliphatic carbocycles. The van der Waals surface area contributed by atoms with Gasteiger partial charge in [-0.15, -0.1) is 0 Å². The van der Waals surface area contributed by atoms with Gasteiger partial charge in [0, 0.05) is 78.1 Å². The molecule has 1 fully saturated rings. The van der Waals surface area contributed by atoms with Crippen molar-refractivity contribution in [1.29, 1.82) is 0 Å². The predicted octanol–water partition coefficient (Wildman–Crippen LogP) is 12.5. The second-order valence-electron chi connectivity index (χ2n) is 20.5. The van der Waals surface area contributed by atoms with Crippen molar-refractivity contribution in [3.8, 4) is 39.1 Å². The van der Waals surface area contributed by atoms with Gasteiger partial charge in [0.25, 0.3) is 5.69 Å². The Bertz CT molecular complexity index is 3930. The highest BCUT2D eigenvalue weighted by molar-refractivity contribution is 5.98. The van der Waals surface area contributed by atoms with Crippen molar-refractivity contribution >= 4 is 81.9 Å². The number of esters is 5. The first-order valence-corrected chi connectivity index (χ1v) is 27.9. The van der Waals surface area contributed by atoms with Crippen LogP contribution >= 0.6 is 0 Å². The van der Waals surface area contributed by atoms with Crippen molar-refractivity contribution in [2.75, 3.05) is 6.61 Å². The smallest absolute Gasteiger partial charge is 0.338 e. The number of hydrogen-bond donors (Lipinski definition) is 2. The molecule has 10 rings (SSSR count). The minimum atomic E-state index is -1.64. The van der Waals surface area contributed by atoms with E-state index < -0.39 is 84.4 Å². The van der Waals surface area contributed by atoms with E-state index in [4.69, 9.17) is 43.1 Å². The molecule has 19 heteroatoms. The highest BCUT2D eigenvalue weighted by Crippen LogP contribution is 2.38. The molecule has 0 spiro atoms. The number of carbonyl (C=O) groups is 5. The second kappa shape index (κ2) is 26.1. The topological polar surface area (TPSA) is 250 Å². The Kier molecular flexibility index (Phi) is 17.8. The molecule has 2 N–H and O–H groups in total. The Balaban J connectivity index is 1.01. The fraction of sp³-hybridized carbons (Fsp3) is 0.258. The van der Waals surface area contributed by atoms with Crippen LogP contribution in [0.3, 0.4) is 0 Å². The van der Waals surface area contributed by atoms with Gasteiger partial charge in [-0.05, 0) is 102 Å². The molecule has 85 heavy (non-hydrogen) atoms. The molecule has 434 valence electrons. The lowest BCUT2D eigenvalue weighted by atomic mass is 9.98.